The number of aryl methyl sites for hydroxylation is 2. The molecule has 0 spiro atoms. The number of methoxy groups -OCH3 is 2. The summed E-state index contributed by atoms with van der Waals surface area (Å²) in [6.45, 7) is 6.87. The molecule has 4 heterocycles. The fourth-order valence-corrected chi connectivity index (χ4v) is 3.79. The lowest BCUT2D eigenvalue weighted by Crippen LogP contribution is -2.22. The van der Waals surface area contributed by atoms with E-state index in [-0.39, 0.29) is 5.91 Å². The summed E-state index contributed by atoms with van der Waals surface area (Å²) in [5.74, 6) is 0.821. The Kier molecular flexibility index (Phi) is 7.39. The lowest BCUT2D eigenvalue weighted by atomic mass is 10.1. The number of hydrogen-bond acceptors (Lipinski definition) is 8. The van der Waals surface area contributed by atoms with Gasteiger partial charge in [-0.05, 0) is 31.5 Å². The average Bonchev–Trinajstić information content (AvgIpc) is 3.45. The molecule has 0 aromatic carbocycles. The van der Waals surface area contributed by atoms with Gasteiger partial charge < -0.3 is 18.9 Å². The third-order valence-corrected chi connectivity index (χ3v) is 5.55. The first-order valence-corrected chi connectivity index (χ1v) is 11.1. The van der Waals surface area contributed by atoms with E-state index in [1.807, 2.05) is 32.2 Å². The number of nitrogens with zero attached hydrogens (tertiary/aromatic N) is 5. The van der Waals surface area contributed by atoms with Crippen molar-refractivity contribution in [2.75, 3.05) is 45.5 Å². The van der Waals surface area contributed by atoms with Crippen molar-refractivity contribution in [1.82, 2.24) is 19.7 Å². The van der Waals surface area contributed by atoms with Gasteiger partial charge in [0.05, 0.1) is 62.3 Å². The van der Waals surface area contributed by atoms with Crippen molar-refractivity contribution in [1.29, 1.82) is 0 Å². The van der Waals surface area contributed by atoms with Gasteiger partial charge in [-0.25, -0.2) is 4.98 Å². The Morgan fingerprint density at radius 2 is 1.91 bits per heavy atom. The summed E-state index contributed by atoms with van der Waals surface area (Å²) in [7, 11) is 3.19. The van der Waals surface area contributed by atoms with Crippen LogP contribution in [0, 0.1) is 6.92 Å². The molecule has 0 unspecified atom stereocenters. The molecule has 180 valence electrons. The Hall–Kier alpha value is -3.50. The highest BCUT2D eigenvalue weighted by Gasteiger charge is 2.32. The lowest BCUT2D eigenvalue weighted by Gasteiger charge is -2.12. The van der Waals surface area contributed by atoms with E-state index < -0.39 is 0 Å². The van der Waals surface area contributed by atoms with Crippen LogP contribution in [0.25, 0.3) is 11.3 Å². The molecule has 1 amide bonds. The van der Waals surface area contributed by atoms with E-state index >= 15 is 0 Å². The zero-order chi connectivity index (χ0) is 24.1. The fraction of sp³-hybridized carbons (Fsp3) is 0.417. The number of pyridine rings is 2. The van der Waals surface area contributed by atoms with Crippen LogP contribution in [0.1, 0.15) is 28.5 Å². The van der Waals surface area contributed by atoms with Crippen LogP contribution in [-0.4, -0.2) is 66.3 Å². The van der Waals surface area contributed by atoms with Crippen molar-refractivity contribution in [2.45, 2.75) is 26.9 Å². The van der Waals surface area contributed by atoms with Gasteiger partial charge in [0.2, 0.25) is 0 Å². The second kappa shape index (κ2) is 10.6. The van der Waals surface area contributed by atoms with Gasteiger partial charge in [-0.2, -0.15) is 5.10 Å². The predicted octanol–water partition coefficient (Wildman–Crippen LogP) is 2.88. The molecular formula is C24H29N5O5. The molecule has 0 fully saturated rings. The number of carbonyl (C=O) groups is 1. The monoisotopic (exact) mass is 467 g/mol. The van der Waals surface area contributed by atoms with E-state index in [9.17, 15) is 4.79 Å². The normalized spacial score (nSPS) is 12.8. The van der Waals surface area contributed by atoms with Crippen molar-refractivity contribution in [3.8, 4) is 22.9 Å². The SMILES string of the molecule is CCn1cc(N2Cc3nc(-c4cnc(OCCOCCOC)c(OC)c4)cc(C)c3C2=O)cn1. The second-order valence-electron chi connectivity index (χ2n) is 7.78. The number of aromatic nitrogens is 4. The first-order valence-electron chi connectivity index (χ1n) is 11.1. The Bertz CT molecular complexity index is 1160. The summed E-state index contributed by atoms with van der Waals surface area (Å²) in [4.78, 5) is 24.0. The van der Waals surface area contributed by atoms with Crippen LogP contribution in [0.5, 0.6) is 11.6 Å². The Morgan fingerprint density at radius 3 is 2.65 bits per heavy atom. The summed E-state index contributed by atoms with van der Waals surface area (Å²) in [6, 6.07) is 3.73. The summed E-state index contributed by atoms with van der Waals surface area (Å²) < 4.78 is 23.3. The topological polar surface area (TPSA) is 101 Å². The van der Waals surface area contributed by atoms with Gasteiger partial charge in [0.1, 0.15) is 6.61 Å². The third kappa shape index (κ3) is 4.87. The van der Waals surface area contributed by atoms with E-state index in [1.165, 1.54) is 0 Å². The second-order valence-corrected chi connectivity index (χ2v) is 7.78. The highest BCUT2D eigenvalue weighted by Crippen LogP contribution is 2.34. The number of rotatable bonds is 11. The minimum Gasteiger partial charge on any atom is -0.491 e. The van der Waals surface area contributed by atoms with E-state index in [4.69, 9.17) is 23.9 Å². The molecule has 3 aromatic heterocycles. The molecule has 3 aromatic rings. The summed E-state index contributed by atoms with van der Waals surface area (Å²) in [6.07, 6.45) is 5.27. The number of fused-ring (bicyclic) bond motifs is 1. The predicted molar refractivity (Wildman–Crippen MR) is 125 cm³/mol. The van der Waals surface area contributed by atoms with Crippen LogP contribution >= 0.6 is 0 Å². The quantitative estimate of drug-likeness (QED) is 0.397. The third-order valence-electron chi connectivity index (χ3n) is 5.55. The van der Waals surface area contributed by atoms with Crippen LogP contribution in [0.3, 0.4) is 0 Å². The molecule has 0 atom stereocenters. The Morgan fingerprint density at radius 1 is 1.09 bits per heavy atom. The number of ether oxygens (including phenoxy) is 4. The van der Waals surface area contributed by atoms with Crippen LogP contribution < -0.4 is 14.4 Å². The van der Waals surface area contributed by atoms with Gasteiger partial charge in [-0.15, -0.1) is 0 Å². The molecular weight excluding hydrogens is 438 g/mol. The van der Waals surface area contributed by atoms with Gasteiger partial charge in [0.15, 0.2) is 5.75 Å². The zero-order valence-electron chi connectivity index (χ0n) is 19.9. The summed E-state index contributed by atoms with van der Waals surface area (Å²) in [5, 5.41) is 4.29. The first kappa shape index (κ1) is 23.7. The van der Waals surface area contributed by atoms with Crippen LogP contribution in [-0.2, 0) is 22.6 Å². The molecule has 0 N–H and O–H groups in total. The molecule has 0 saturated heterocycles. The van der Waals surface area contributed by atoms with Crippen molar-refractivity contribution >= 4 is 11.6 Å². The maximum absolute atomic E-state index is 13.1. The smallest absolute Gasteiger partial charge is 0.260 e. The van der Waals surface area contributed by atoms with E-state index in [1.54, 1.807) is 36.2 Å². The molecule has 1 aliphatic heterocycles. The van der Waals surface area contributed by atoms with Gasteiger partial charge in [-0.3, -0.25) is 19.4 Å². The highest BCUT2D eigenvalue weighted by molar-refractivity contribution is 6.10. The first-order chi connectivity index (χ1) is 16.5. The van der Waals surface area contributed by atoms with Crippen LogP contribution in [0.15, 0.2) is 30.7 Å². The van der Waals surface area contributed by atoms with Crippen molar-refractivity contribution in [3.63, 3.8) is 0 Å². The fourth-order valence-electron chi connectivity index (χ4n) is 3.79. The molecule has 10 nitrogen and oxygen atoms in total. The molecule has 0 aliphatic carbocycles. The standard InChI is InChI=1S/C24H29N5O5/c1-5-28-14-18(13-26-28)29-15-20-22(24(29)30)16(2)10-19(27-20)17-11-21(32-4)23(25-12-17)34-9-8-33-7-6-31-3/h10-14H,5-9,15H2,1-4H3. The Balaban J connectivity index is 1.52. The molecule has 0 radical (unpaired) electrons. The van der Waals surface area contributed by atoms with Crippen LogP contribution in [0.2, 0.25) is 0 Å². The lowest BCUT2D eigenvalue weighted by molar-refractivity contribution is 0.0532. The summed E-state index contributed by atoms with van der Waals surface area (Å²) in [5.41, 5.74) is 4.49. The summed E-state index contributed by atoms with van der Waals surface area (Å²) >= 11 is 0. The maximum Gasteiger partial charge on any atom is 0.260 e. The molecule has 0 saturated carbocycles. The molecule has 1 aliphatic rings. The Labute approximate surface area is 198 Å². The minimum atomic E-state index is -0.0608. The van der Waals surface area contributed by atoms with E-state index in [2.05, 4.69) is 10.1 Å². The number of anilines is 1. The van der Waals surface area contributed by atoms with Gasteiger partial charge in [0.25, 0.3) is 11.8 Å². The van der Waals surface area contributed by atoms with E-state index in [0.29, 0.717) is 50.2 Å². The van der Waals surface area contributed by atoms with Crippen LogP contribution in [0.4, 0.5) is 5.69 Å². The van der Waals surface area contributed by atoms with Gasteiger partial charge >= 0.3 is 0 Å². The average molecular weight is 468 g/mol. The number of hydrogen-bond donors (Lipinski definition) is 0. The molecule has 34 heavy (non-hydrogen) atoms. The molecule has 10 heteroatoms. The van der Waals surface area contributed by atoms with Crippen molar-refractivity contribution in [3.05, 3.63) is 47.5 Å². The van der Waals surface area contributed by atoms with Gasteiger partial charge in [-0.1, -0.05) is 0 Å². The number of carbonyl (C=O) groups excluding carboxylic acids is 1. The largest absolute Gasteiger partial charge is 0.491 e. The van der Waals surface area contributed by atoms with Crippen molar-refractivity contribution in [2.24, 2.45) is 0 Å². The number of amides is 1. The highest BCUT2D eigenvalue weighted by atomic mass is 16.6. The molecule has 0 bridgehead atoms. The minimum absolute atomic E-state index is 0.0608. The maximum atomic E-state index is 13.1. The van der Waals surface area contributed by atoms with Crippen molar-refractivity contribution < 1.29 is 23.7 Å². The van der Waals surface area contributed by atoms with Gasteiger partial charge in [0, 0.05) is 31.6 Å². The molecule has 4 rings (SSSR count). The van der Waals surface area contributed by atoms with E-state index in [0.717, 1.165) is 34.7 Å². The zero-order valence-corrected chi connectivity index (χ0v) is 19.9.